The fourth-order valence-corrected chi connectivity index (χ4v) is 5.30. The van der Waals surface area contributed by atoms with E-state index in [1.807, 2.05) is 26.8 Å². The predicted molar refractivity (Wildman–Crippen MR) is 186 cm³/mol. The first-order chi connectivity index (χ1) is 23.7. The molecule has 1 saturated heterocycles. The number of alkyl carbamates (subject to hydrolysis) is 3. The number of hydrogen-bond acceptors (Lipinski definition) is 10. The smallest absolute Gasteiger partial charge is 0.411 e. The molecule has 1 fully saturated rings. The molecule has 1 aliphatic carbocycles. The molecule has 278 valence electrons. The van der Waals surface area contributed by atoms with Gasteiger partial charge in [-0.25, -0.2) is 19.2 Å². The molecule has 15 heteroatoms. The Labute approximate surface area is 294 Å². The largest absolute Gasteiger partial charge is 0.449 e. The van der Waals surface area contributed by atoms with Crippen molar-refractivity contribution < 1.29 is 47.7 Å². The second kappa shape index (κ2) is 19.5. The van der Waals surface area contributed by atoms with Crippen LogP contribution in [0.4, 0.5) is 19.2 Å². The lowest BCUT2D eigenvalue weighted by molar-refractivity contribution is -0.132. The molecule has 0 bridgehead atoms. The van der Waals surface area contributed by atoms with Crippen molar-refractivity contribution in [3.8, 4) is 0 Å². The standard InChI is InChI=1S/C35H53N5O10/c1-9-17-46-23-35(11-3,24-47-18-10-2)25-50-31(44)38-34(7)14-12-13-27(21-26(4)22-34)37-30(43)49-20-16-40-32(45)39(28(41)33(40,5)6)15-19-48-29(42)36-8/h9-10,12,14,21-22H,1-2,11,13,15-20,23-25H2,3-8H3,(H,36,42)(H,37,43)(H,38,44)/b14-12-,26-22?,27-21+. The summed E-state index contributed by atoms with van der Waals surface area (Å²) in [6, 6.07) is -0.571. The van der Waals surface area contributed by atoms with Gasteiger partial charge in [-0.3, -0.25) is 15.0 Å². The Bertz CT molecular complexity index is 1330. The van der Waals surface area contributed by atoms with Crippen LogP contribution in [0.2, 0.25) is 0 Å². The summed E-state index contributed by atoms with van der Waals surface area (Å²) in [5, 5.41) is 7.91. The van der Waals surface area contributed by atoms with Gasteiger partial charge in [0, 0.05) is 19.2 Å². The first kappa shape index (κ1) is 41.5. The molecular formula is C35H53N5O10. The predicted octanol–water partition coefficient (Wildman–Crippen LogP) is 4.19. The van der Waals surface area contributed by atoms with Crippen molar-refractivity contribution in [3.63, 3.8) is 0 Å². The Morgan fingerprint density at radius 2 is 1.56 bits per heavy atom. The maximum absolute atomic E-state index is 13.0. The van der Waals surface area contributed by atoms with Gasteiger partial charge in [-0.15, -0.1) is 13.2 Å². The Kier molecular flexibility index (Phi) is 16.2. The van der Waals surface area contributed by atoms with Crippen molar-refractivity contribution in [2.24, 2.45) is 5.41 Å². The number of carbonyl (C=O) groups is 5. The third kappa shape index (κ3) is 12.4. The number of nitrogens with one attached hydrogen (secondary N) is 3. The summed E-state index contributed by atoms with van der Waals surface area (Å²) in [5.74, 6) is -0.451. The number of hydrogen-bond donors (Lipinski definition) is 3. The van der Waals surface area contributed by atoms with Crippen LogP contribution in [0.1, 0.15) is 47.5 Å². The number of ether oxygens (including phenoxy) is 5. The summed E-state index contributed by atoms with van der Waals surface area (Å²) < 4.78 is 27.3. The first-order valence-corrected chi connectivity index (χ1v) is 16.5. The molecule has 0 spiro atoms. The van der Waals surface area contributed by atoms with Crippen molar-refractivity contribution in [3.05, 3.63) is 60.9 Å². The molecule has 1 heterocycles. The van der Waals surface area contributed by atoms with Crippen molar-refractivity contribution in [1.29, 1.82) is 0 Å². The normalized spacial score (nSPS) is 20.4. The summed E-state index contributed by atoms with van der Waals surface area (Å²) in [4.78, 5) is 65.0. The van der Waals surface area contributed by atoms with Gasteiger partial charge in [0.2, 0.25) is 0 Å². The molecular weight excluding hydrogens is 650 g/mol. The van der Waals surface area contributed by atoms with Crippen molar-refractivity contribution in [2.75, 3.05) is 66.4 Å². The van der Waals surface area contributed by atoms with Gasteiger partial charge in [0.25, 0.3) is 5.91 Å². The number of amides is 6. The zero-order valence-electron chi connectivity index (χ0n) is 30.1. The average molecular weight is 704 g/mol. The minimum Gasteiger partial charge on any atom is -0.449 e. The second-order valence-electron chi connectivity index (χ2n) is 12.7. The van der Waals surface area contributed by atoms with Gasteiger partial charge in [0.15, 0.2) is 0 Å². The maximum Gasteiger partial charge on any atom is 0.411 e. The highest BCUT2D eigenvalue weighted by Gasteiger charge is 2.50. The second-order valence-corrected chi connectivity index (χ2v) is 12.7. The molecule has 1 aliphatic heterocycles. The highest BCUT2D eigenvalue weighted by atomic mass is 16.6. The Morgan fingerprint density at radius 1 is 0.940 bits per heavy atom. The quantitative estimate of drug-likeness (QED) is 0.0766. The highest BCUT2D eigenvalue weighted by molar-refractivity contribution is 6.06. The Balaban J connectivity index is 1.94. The monoisotopic (exact) mass is 703 g/mol. The average Bonchev–Trinajstić information content (AvgIpc) is 3.21. The molecule has 3 N–H and O–H groups in total. The topological polar surface area (TPSA) is 174 Å². The van der Waals surface area contributed by atoms with Gasteiger partial charge in [0.05, 0.1) is 50.5 Å². The van der Waals surface area contributed by atoms with Crippen LogP contribution in [0.5, 0.6) is 0 Å². The number of carbonyl (C=O) groups excluding carboxylic acids is 5. The molecule has 1 unspecified atom stereocenters. The fraction of sp³-hybridized carbons (Fsp3) is 0.571. The van der Waals surface area contributed by atoms with Crippen LogP contribution in [0.3, 0.4) is 0 Å². The number of urea groups is 1. The van der Waals surface area contributed by atoms with Gasteiger partial charge < -0.3 is 39.2 Å². The van der Waals surface area contributed by atoms with E-state index in [1.165, 1.54) is 11.9 Å². The van der Waals surface area contributed by atoms with Crippen LogP contribution in [0, 0.1) is 5.41 Å². The highest BCUT2D eigenvalue weighted by Crippen LogP contribution is 2.28. The van der Waals surface area contributed by atoms with E-state index in [0.717, 1.165) is 10.5 Å². The molecule has 1 atom stereocenters. The summed E-state index contributed by atoms with van der Waals surface area (Å²) in [5.41, 5.74) is -1.30. The maximum atomic E-state index is 13.0. The lowest BCUT2D eigenvalue weighted by atomic mass is 9.88. The summed E-state index contributed by atoms with van der Waals surface area (Å²) >= 11 is 0. The summed E-state index contributed by atoms with van der Waals surface area (Å²) in [6.07, 6.45) is 9.46. The van der Waals surface area contributed by atoms with E-state index in [0.29, 0.717) is 45.0 Å². The van der Waals surface area contributed by atoms with E-state index >= 15 is 0 Å². The summed E-state index contributed by atoms with van der Waals surface area (Å²) in [6.45, 7) is 17.2. The van der Waals surface area contributed by atoms with E-state index in [2.05, 4.69) is 29.1 Å². The van der Waals surface area contributed by atoms with Crippen molar-refractivity contribution in [2.45, 2.75) is 58.5 Å². The van der Waals surface area contributed by atoms with Crippen LogP contribution in [-0.4, -0.2) is 117 Å². The van der Waals surface area contributed by atoms with Crippen LogP contribution in [0.15, 0.2) is 60.9 Å². The number of allylic oxidation sites excluding steroid dienone is 3. The van der Waals surface area contributed by atoms with Gasteiger partial charge in [-0.1, -0.05) is 42.9 Å². The van der Waals surface area contributed by atoms with Crippen LogP contribution < -0.4 is 16.0 Å². The minimum absolute atomic E-state index is 0.0289. The summed E-state index contributed by atoms with van der Waals surface area (Å²) in [7, 11) is 1.40. The van der Waals surface area contributed by atoms with Gasteiger partial charge >= 0.3 is 24.3 Å². The van der Waals surface area contributed by atoms with Crippen molar-refractivity contribution in [1.82, 2.24) is 25.8 Å². The molecule has 0 aromatic heterocycles. The first-order valence-electron chi connectivity index (χ1n) is 16.5. The minimum atomic E-state index is -1.18. The third-order valence-corrected chi connectivity index (χ3v) is 8.12. The van der Waals surface area contributed by atoms with Crippen LogP contribution in [0.25, 0.3) is 0 Å². The molecule has 50 heavy (non-hydrogen) atoms. The molecule has 6 amide bonds. The Hall–Kier alpha value is -4.63. The van der Waals surface area contributed by atoms with Gasteiger partial charge in [-0.05, 0) is 40.2 Å². The Morgan fingerprint density at radius 3 is 2.16 bits per heavy atom. The third-order valence-electron chi connectivity index (χ3n) is 8.12. The zero-order valence-corrected chi connectivity index (χ0v) is 30.1. The van der Waals surface area contributed by atoms with E-state index in [4.69, 9.17) is 23.7 Å². The van der Waals surface area contributed by atoms with Crippen molar-refractivity contribution >= 4 is 30.2 Å². The van der Waals surface area contributed by atoms with Crippen LogP contribution >= 0.6 is 0 Å². The van der Waals surface area contributed by atoms with Gasteiger partial charge in [-0.2, -0.15) is 0 Å². The SMILES string of the molecule is C=CCOCC(CC)(COCC=C)COC(=O)NC1(C)C=C(C)/C=C(/NC(=O)OCCN2C(=O)N(CCOC(=O)NC)C(=O)C2(C)C)C/C=C\1. The molecule has 15 nitrogen and oxygen atoms in total. The van der Waals surface area contributed by atoms with Crippen LogP contribution in [-0.2, 0) is 28.5 Å². The molecule has 2 rings (SSSR count). The van der Waals surface area contributed by atoms with Gasteiger partial charge in [0.1, 0.15) is 25.4 Å². The molecule has 0 aromatic rings. The number of rotatable bonds is 19. The fourth-order valence-electron chi connectivity index (χ4n) is 5.30. The molecule has 2 aliphatic rings. The number of nitrogens with zero attached hydrogens (tertiary/aromatic N) is 2. The van der Waals surface area contributed by atoms with E-state index in [1.54, 1.807) is 44.2 Å². The number of imide groups is 1. The van der Waals surface area contributed by atoms with E-state index < -0.39 is 46.7 Å². The lowest BCUT2D eigenvalue weighted by Gasteiger charge is -2.32. The lowest BCUT2D eigenvalue weighted by Crippen LogP contribution is -2.46. The molecule has 0 radical (unpaired) electrons. The van der Waals surface area contributed by atoms with E-state index in [9.17, 15) is 24.0 Å². The van der Waals surface area contributed by atoms with E-state index in [-0.39, 0.29) is 32.9 Å². The molecule has 0 aromatic carbocycles. The zero-order chi connectivity index (χ0) is 37.4. The molecule has 0 saturated carbocycles.